The van der Waals surface area contributed by atoms with Crippen LogP contribution in [0.1, 0.15) is 5.56 Å². The molecule has 1 N–H and O–H groups in total. The summed E-state index contributed by atoms with van der Waals surface area (Å²) in [4.78, 5) is 2.28. The first-order valence-corrected chi connectivity index (χ1v) is 5.36. The second-order valence-electron chi connectivity index (χ2n) is 3.87. The van der Waals surface area contributed by atoms with Gasteiger partial charge >= 0.3 is 0 Å². The molecule has 1 aromatic carbocycles. The molecule has 0 bridgehead atoms. The first-order valence-electron chi connectivity index (χ1n) is 5.36. The molecule has 1 aliphatic rings. The Morgan fingerprint density at radius 3 is 2.87 bits per heavy atom. The number of ether oxygens (including phenoxy) is 1. The maximum absolute atomic E-state index is 9.22. The van der Waals surface area contributed by atoms with Crippen molar-refractivity contribution in [3.05, 3.63) is 35.9 Å². The topological polar surface area (TPSA) is 32.7 Å². The number of aliphatic hydroxyl groups is 1. The highest BCUT2D eigenvalue weighted by molar-refractivity contribution is 5.14. The van der Waals surface area contributed by atoms with Crippen molar-refractivity contribution >= 4 is 0 Å². The largest absolute Gasteiger partial charge is 0.395 e. The van der Waals surface area contributed by atoms with Crippen molar-refractivity contribution in [1.82, 2.24) is 4.90 Å². The lowest BCUT2D eigenvalue weighted by atomic mass is 10.1. The van der Waals surface area contributed by atoms with Crippen LogP contribution in [0.4, 0.5) is 0 Å². The predicted octanol–water partition coefficient (Wildman–Crippen LogP) is 0.880. The van der Waals surface area contributed by atoms with Crippen LogP contribution in [0.25, 0.3) is 0 Å². The predicted molar refractivity (Wildman–Crippen MR) is 58.5 cm³/mol. The first kappa shape index (κ1) is 10.6. The van der Waals surface area contributed by atoms with Crippen LogP contribution >= 0.6 is 0 Å². The van der Waals surface area contributed by atoms with Crippen LogP contribution < -0.4 is 0 Å². The van der Waals surface area contributed by atoms with E-state index in [0.29, 0.717) is 6.61 Å². The van der Waals surface area contributed by atoms with Crippen LogP contribution in [0.5, 0.6) is 0 Å². The van der Waals surface area contributed by atoms with E-state index in [2.05, 4.69) is 17.0 Å². The summed E-state index contributed by atoms with van der Waals surface area (Å²) in [6.07, 6.45) is 0. The summed E-state index contributed by atoms with van der Waals surface area (Å²) < 4.78 is 5.34. The zero-order chi connectivity index (χ0) is 10.5. The van der Waals surface area contributed by atoms with Crippen molar-refractivity contribution in [2.45, 2.75) is 12.6 Å². The van der Waals surface area contributed by atoms with Crippen molar-refractivity contribution in [2.24, 2.45) is 0 Å². The van der Waals surface area contributed by atoms with Gasteiger partial charge in [-0.25, -0.2) is 0 Å². The summed E-state index contributed by atoms with van der Waals surface area (Å²) in [6.45, 7) is 3.38. The van der Waals surface area contributed by atoms with Gasteiger partial charge in [-0.1, -0.05) is 30.3 Å². The lowest BCUT2D eigenvalue weighted by molar-refractivity contribution is -0.0312. The SMILES string of the molecule is OCC1COCCN1Cc1ccccc1. The summed E-state index contributed by atoms with van der Waals surface area (Å²) in [5.74, 6) is 0. The first-order chi connectivity index (χ1) is 7.40. The summed E-state index contributed by atoms with van der Waals surface area (Å²) in [7, 11) is 0. The number of morpholine rings is 1. The van der Waals surface area contributed by atoms with Gasteiger partial charge in [-0.15, -0.1) is 0 Å². The molecule has 82 valence electrons. The second kappa shape index (κ2) is 5.26. The summed E-state index contributed by atoms with van der Waals surface area (Å²) >= 11 is 0. The van der Waals surface area contributed by atoms with E-state index in [1.165, 1.54) is 5.56 Å². The summed E-state index contributed by atoms with van der Waals surface area (Å²) in [5.41, 5.74) is 1.29. The van der Waals surface area contributed by atoms with Gasteiger partial charge in [0, 0.05) is 13.1 Å². The van der Waals surface area contributed by atoms with Crippen LogP contribution in [-0.4, -0.2) is 42.4 Å². The highest BCUT2D eigenvalue weighted by Crippen LogP contribution is 2.11. The van der Waals surface area contributed by atoms with E-state index in [4.69, 9.17) is 4.74 Å². The zero-order valence-electron chi connectivity index (χ0n) is 8.80. The Kier molecular flexibility index (Phi) is 3.72. The molecule has 0 aliphatic carbocycles. The molecule has 1 saturated heterocycles. The highest BCUT2D eigenvalue weighted by Gasteiger charge is 2.21. The molecule has 0 amide bonds. The number of nitrogens with zero attached hydrogens (tertiary/aromatic N) is 1. The van der Waals surface area contributed by atoms with E-state index in [9.17, 15) is 5.11 Å². The molecule has 3 heteroatoms. The number of aliphatic hydroxyl groups excluding tert-OH is 1. The van der Waals surface area contributed by atoms with E-state index in [0.717, 1.165) is 19.7 Å². The van der Waals surface area contributed by atoms with Gasteiger partial charge in [0.2, 0.25) is 0 Å². The van der Waals surface area contributed by atoms with Crippen molar-refractivity contribution in [2.75, 3.05) is 26.4 Å². The van der Waals surface area contributed by atoms with E-state index < -0.39 is 0 Å². The minimum absolute atomic E-state index is 0.152. The molecule has 0 spiro atoms. The monoisotopic (exact) mass is 207 g/mol. The third kappa shape index (κ3) is 2.78. The molecule has 2 rings (SSSR count). The Morgan fingerprint density at radius 2 is 2.13 bits per heavy atom. The smallest absolute Gasteiger partial charge is 0.0644 e. The van der Waals surface area contributed by atoms with Crippen LogP contribution in [0.15, 0.2) is 30.3 Å². The molecule has 0 aromatic heterocycles. The van der Waals surface area contributed by atoms with Crippen molar-refractivity contribution < 1.29 is 9.84 Å². The minimum atomic E-state index is 0.152. The Labute approximate surface area is 90.3 Å². The molecular weight excluding hydrogens is 190 g/mol. The lowest BCUT2D eigenvalue weighted by Gasteiger charge is -2.34. The molecule has 0 saturated carbocycles. The second-order valence-corrected chi connectivity index (χ2v) is 3.87. The molecule has 1 aromatic rings. The maximum atomic E-state index is 9.22. The van der Waals surface area contributed by atoms with Crippen molar-refractivity contribution in [3.63, 3.8) is 0 Å². The third-order valence-electron chi connectivity index (χ3n) is 2.79. The summed E-state index contributed by atoms with van der Waals surface area (Å²) in [6, 6.07) is 10.5. The van der Waals surface area contributed by atoms with Crippen LogP contribution in [0.3, 0.4) is 0 Å². The average molecular weight is 207 g/mol. The van der Waals surface area contributed by atoms with Gasteiger partial charge in [-0.3, -0.25) is 4.90 Å². The normalized spacial score (nSPS) is 22.9. The van der Waals surface area contributed by atoms with Crippen molar-refractivity contribution in [3.8, 4) is 0 Å². The van der Waals surface area contributed by atoms with E-state index >= 15 is 0 Å². The van der Waals surface area contributed by atoms with E-state index in [-0.39, 0.29) is 12.6 Å². The quantitative estimate of drug-likeness (QED) is 0.798. The number of benzene rings is 1. The fourth-order valence-electron chi connectivity index (χ4n) is 1.88. The Bertz CT molecular complexity index is 289. The van der Waals surface area contributed by atoms with Gasteiger partial charge in [-0.05, 0) is 5.56 Å². The number of hydrogen-bond donors (Lipinski definition) is 1. The molecular formula is C12H17NO2. The van der Waals surface area contributed by atoms with Crippen molar-refractivity contribution in [1.29, 1.82) is 0 Å². The van der Waals surface area contributed by atoms with Crippen LogP contribution in [0, 0.1) is 0 Å². The minimum Gasteiger partial charge on any atom is -0.395 e. The molecule has 1 aliphatic heterocycles. The molecule has 0 radical (unpaired) electrons. The fraction of sp³-hybridized carbons (Fsp3) is 0.500. The lowest BCUT2D eigenvalue weighted by Crippen LogP contribution is -2.46. The van der Waals surface area contributed by atoms with Gasteiger partial charge in [0.05, 0.1) is 25.9 Å². The Balaban J connectivity index is 1.97. The standard InChI is InChI=1S/C12H17NO2/c14-9-12-10-15-7-6-13(12)8-11-4-2-1-3-5-11/h1-5,12,14H,6-10H2. The average Bonchev–Trinajstić information content (AvgIpc) is 2.31. The van der Waals surface area contributed by atoms with Gasteiger partial charge in [-0.2, -0.15) is 0 Å². The molecule has 1 atom stereocenters. The molecule has 1 heterocycles. The van der Waals surface area contributed by atoms with Gasteiger partial charge in [0.25, 0.3) is 0 Å². The molecule has 1 fully saturated rings. The zero-order valence-corrected chi connectivity index (χ0v) is 8.80. The Morgan fingerprint density at radius 1 is 1.33 bits per heavy atom. The van der Waals surface area contributed by atoms with Crippen LogP contribution in [0.2, 0.25) is 0 Å². The summed E-state index contributed by atoms with van der Waals surface area (Å²) in [5, 5.41) is 9.22. The highest BCUT2D eigenvalue weighted by atomic mass is 16.5. The van der Waals surface area contributed by atoms with E-state index in [1.54, 1.807) is 0 Å². The molecule has 15 heavy (non-hydrogen) atoms. The maximum Gasteiger partial charge on any atom is 0.0644 e. The van der Waals surface area contributed by atoms with E-state index in [1.807, 2.05) is 18.2 Å². The van der Waals surface area contributed by atoms with Gasteiger partial charge in [0.1, 0.15) is 0 Å². The number of rotatable bonds is 3. The van der Waals surface area contributed by atoms with Gasteiger partial charge < -0.3 is 9.84 Å². The molecule has 3 nitrogen and oxygen atoms in total. The Hall–Kier alpha value is -0.900. The van der Waals surface area contributed by atoms with Gasteiger partial charge in [0.15, 0.2) is 0 Å². The molecule has 1 unspecified atom stereocenters. The van der Waals surface area contributed by atoms with Crippen LogP contribution in [-0.2, 0) is 11.3 Å². The third-order valence-corrected chi connectivity index (χ3v) is 2.79. The fourth-order valence-corrected chi connectivity index (χ4v) is 1.88. The number of hydrogen-bond acceptors (Lipinski definition) is 3.